The normalized spacial score (nSPS) is 10.7. The van der Waals surface area contributed by atoms with Crippen LogP contribution in [0.4, 0.5) is 0 Å². The van der Waals surface area contributed by atoms with E-state index in [1.165, 1.54) is 63.4 Å². The van der Waals surface area contributed by atoms with Crippen LogP contribution in [-0.4, -0.2) is 5.78 Å². The number of carbonyl (C=O) groups excluding carboxylic acids is 1. The van der Waals surface area contributed by atoms with Crippen LogP contribution in [0.1, 0.15) is 83.1 Å². The maximum Gasteiger partial charge on any atom is 0.132 e. The molecular formula is C20H32O. The lowest BCUT2D eigenvalue weighted by Gasteiger charge is -2.03. The Bertz CT molecular complexity index is 355. The molecule has 0 aliphatic rings. The first kappa shape index (κ1) is 17.9. The van der Waals surface area contributed by atoms with E-state index in [0.717, 1.165) is 12.8 Å². The van der Waals surface area contributed by atoms with Gasteiger partial charge in [0.05, 0.1) is 0 Å². The Balaban J connectivity index is 1.80. The molecule has 21 heavy (non-hydrogen) atoms. The topological polar surface area (TPSA) is 17.1 Å². The summed E-state index contributed by atoms with van der Waals surface area (Å²) >= 11 is 0. The average molecular weight is 288 g/mol. The van der Waals surface area contributed by atoms with E-state index in [1.54, 1.807) is 0 Å². The van der Waals surface area contributed by atoms with Gasteiger partial charge in [0.1, 0.15) is 5.78 Å². The fourth-order valence-electron chi connectivity index (χ4n) is 2.71. The van der Waals surface area contributed by atoms with Crippen molar-refractivity contribution in [3.8, 4) is 0 Å². The molecule has 0 fully saturated rings. The van der Waals surface area contributed by atoms with Crippen molar-refractivity contribution < 1.29 is 4.79 Å². The molecule has 0 saturated carbocycles. The molecule has 0 aliphatic carbocycles. The highest BCUT2D eigenvalue weighted by Gasteiger charge is 1.98. The summed E-state index contributed by atoms with van der Waals surface area (Å²) < 4.78 is 0. The van der Waals surface area contributed by atoms with Crippen LogP contribution in [-0.2, 0) is 11.2 Å². The molecule has 1 aromatic rings. The highest BCUT2D eigenvalue weighted by atomic mass is 16.1. The van der Waals surface area contributed by atoms with E-state index in [0.29, 0.717) is 12.2 Å². The Kier molecular flexibility index (Phi) is 10.8. The van der Waals surface area contributed by atoms with E-state index >= 15 is 0 Å². The molecule has 0 amide bonds. The lowest BCUT2D eigenvalue weighted by atomic mass is 10.0. The molecule has 0 bridgehead atoms. The van der Waals surface area contributed by atoms with Crippen molar-refractivity contribution in [2.45, 2.75) is 84.0 Å². The maximum absolute atomic E-state index is 11.1. The van der Waals surface area contributed by atoms with E-state index in [-0.39, 0.29) is 0 Å². The largest absolute Gasteiger partial charge is 0.300 e. The molecule has 0 radical (unpaired) electrons. The summed E-state index contributed by atoms with van der Waals surface area (Å²) in [5, 5.41) is 0. The van der Waals surface area contributed by atoms with Gasteiger partial charge in [-0.1, -0.05) is 82.2 Å². The van der Waals surface area contributed by atoms with Crippen LogP contribution in [0.25, 0.3) is 0 Å². The predicted molar refractivity (Wildman–Crippen MR) is 91.6 cm³/mol. The molecule has 118 valence electrons. The van der Waals surface area contributed by atoms with Crippen molar-refractivity contribution >= 4 is 5.78 Å². The second-order valence-corrected chi connectivity index (χ2v) is 6.06. The van der Waals surface area contributed by atoms with Crippen LogP contribution in [0.3, 0.4) is 0 Å². The Morgan fingerprint density at radius 3 is 1.86 bits per heavy atom. The number of benzene rings is 1. The van der Waals surface area contributed by atoms with Crippen molar-refractivity contribution in [2.75, 3.05) is 0 Å². The minimum absolute atomic E-state index is 0.424. The number of unbranched alkanes of at least 4 members (excludes halogenated alkanes) is 8. The molecule has 0 aliphatic heterocycles. The van der Waals surface area contributed by atoms with Gasteiger partial charge in [0, 0.05) is 12.8 Å². The highest BCUT2D eigenvalue weighted by molar-refractivity contribution is 5.77. The molecule has 0 N–H and O–H groups in total. The Morgan fingerprint density at radius 1 is 0.762 bits per heavy atom. The molecule has 0 saturated heterocycles. The smallest absolute Gasteiger partial charge is 0.132 e. The molecule has 1 aromatic carbocycles. The third-order valence-corrected chi connectivity index (χ3v) is 4.16. The van der Waals surface area contributed by atoms with Gasteiger partial charge in [-0.05, 0) is 24.8 Å². The molecule has 0 unspecified atom stereocenters. The SMILES string of the molecule is CCC(=O)CCCCCCCCCCCc1ccccc1. The number of hydrogen-bond donors (Lipinski definition) is 0. The van der Waals surface area contributed by atoms with Crippen LogP contribution in [0.2, 0.25) is 0 Å². The number of rotatable bonds is 13. The molecular weight excluding hydrogens is 256 g/mol. The van der Waals surface area contributed by atoms with Gasteiger partial charge in [-0.15, -0.1) is 0 Å². The van der Waals surface area contributed by atoms with Gasteiger partial charge < -0.3 is 0 Å². The summed E-state index contributed by atoms with van der Waals surface area (Å²) in [6.07, 6.45) is 14.5. The van der Waals surface area contributed by atoms with Gasteiger partial charge in [0.2, 0.25) is 0 Å². The van der Waals surface area contributed by atoms with Gasteiger partial charge in [0.15, 0.2) is 0 Å². The van der Waals surface area contributed by atoms with Crippen molar-refractivity contribution in [3.63, 3.8) is 0 Å². The van der Waals surface area contributed by atoms with Gasteiger partial charge in [-0.3, -0.25) is 4.79 Å². The van der Waals surface area contributed by atoms with Crippen LogP contribution < -0.4 is 0 Å². The second kappa shape index (κ2) is 12.6. The van der Waals surface area contributed by atoms with Gasteiger partial charge in [-0.25, -0.2) is 0 Å². The first-order valence-corrected chi connectivity index (χ1v) is 8.88. The van der Waals surface area contributed by atoms with Crippen molar-refractivity contribution in [3.05, 3.63) is 35.9 Å². The zero-order valence-corrected chi connectivity index (χ0v) is 13.8. The van der Waals surface area contributed by atoms with E-state index in [9.17, 15) is 4.79 Å². The first-order chi connectivity index (χ1) is 10.3. The molecule has 0 heterocycles. The highest BCUT2D eigenvalue weighted by Crippen LogP contribution is 2.12. The Hall–Kier alpha value is -1.11. The predicted octanol–water partition coefficient (Wildman–Crippen LogP) is 6.11. The number of hydrogen-bond acceptors (Lipinski definition) is 1. The quantitative estimate of drug-likeness (QED) is 0.400. The average Bonchev–Trinajstić information content (AvgIpc) is 2.53. The minimum Gasteiger partial charge on any atom is -0.300 e. The van der Waals surface area contributed by atoms with Crippen LogP contribution in [0, 0.1) is 0 Å². The second-order valence-electron chi connectivity index (χ2n) is 6.06. The standard InChI is InChI=1S/C20H32O/c1-2-20(21)18-14-9-7-5-3-4-6-8-11-15-19-16-12-10-13-17-19/h10,12-13,16-17H,2-9,11,14-15,18H2,1H3. The van der Waals surface area contributed by atoms with E-state index < -0.39 is 0 Å². The van der Waals surface area contributed by atoms with E-state index in [4.69, 9.17) is 0 Å². The van der Waals surface area contributed by atoms with Crippen LogP contribution in [0.5, 0.6) is 0 Å². The van der Waals surface area contributed by atoms with E-state index in [1.807, 2.05) is 6.92 Å². The molecule has 1 nitrogen and oxygen atoms in total. The third-order valence-electron chi connectivity index (χ3n) is 4.16. The number of ketones is 1. The first-order valence-electron chi connectivity index (χ1n) is 8.88. The summed E-state index contributed by atoms with van der Waals surface area (Å²) in [6, 6.07) is 10.8. The van der Waals surface area contributed by atoms with Crippen molar-refractivity contribution in [2.24, 2.45) is 0 Å². The zero-order chi connectivity index (χ0) is 15.2. The molecule has 0 atom stereocenters. The lowest BCUT2D eigenvalue weighted by molar-refractivity contribution is -0.118. The summed E-state index contributed by atoms with van der Waals surface area (Å²) in [7, 11) is 0. The number of Topliss-reactive ketones (excluding diaryl/α,β-unsaturated/α-hetero) is 1. The Labute approximate surface area is 131 Å². The van der Waals surface area contributed by atoms with Crippen molar-refractivity contribution in [1.29, 1.82) is 0 Å². The number of carbonyl (C=O) groups is 1. The Morgan fingerprint density at radius 2 is 1.29 bits per heavy atom. The summed E-state index contributed by atoms with van der Waals surface area (Å²) in [4.78, 5) is 11.1. The molecule has 1 rings (SSSR count). The molecule has 0 spiro atoms. The minimum atomic E-state index is 0.424. The van der Waals surface area contributed by atoms with Crippen molar-refractivity contribution in [1.82, 2.24) is 0 Å². The molecule has 0 aromatic heterocycles. The van der Waals surface area contributed by atoms with Crippen LogP contribution in [0.15, 0.2) is 30.3 Å². The van der Waals surface area contributed by atoms with Gasteiger partial charge in [-0.2, -0.15) is 0 Å². The van der Waals surface area contributed by atoms with Gasteiger partial charge in [0.25, 0.3) is 0 Å². The fraction of sp³-hybridized carbons (Fsp3) is 0.650. The van der Waals surface area contributed by atoms with Crippen LogP contribution >= 0.6 is 0 Å². The van der Waals surface area contributed by atoms with Gasteiger partial charge >= 0.3 is 0 Å². The molecule has 1 heteroatoms. The summed E-state index contributed by atoms with van der Waals surface area (Å²) in [5.41, 5.74) is 1.47. The maximum atomic E-state index is 11.1. The zero-order valence-electron chi connectivity index (χ0n) is 13.8. The summed E-state index contributed by atoms with van der Waals surface area (Å²) in [6.45, 7) is 1.96. The fourth-order valence-corrected chi connectivity index (χ4v) is 2.71. The summed E-state index contributed by atoms with van der Waals surface area (Å²) in [5.74, 6) is 0.424. The third kappa shape index (κ3) is 10.3. The number of aryl methyl sites for hydroxylation is 1. The van der Waals surface area contributed by atoms with E-state index in [2.05, 4.69) is 30.3 Å². The lowest BCUT2D eigenvalue weighted by Crippen LogP contribution is -1.94. The monoisotopic (exact) mass is 288 g/mol.